The van der Waals surface area contributed by atoms with Crippen LogP contribution in [0.15, 0.2) is 29.2 Å². The van der Waals surface area contributed by atoms with Crippen LogP contribution < -0.4 is 4.74 Å². The summed E-state index contributed by atoms with van der Waals surface area (Å²) in [4.78, 5) is 25.2. The molecule has 1 amide bonds. The van der Waals surface area contributed by atoms with Crippen molar-refractivity contribution >= 4 is 21.9 Å². The molecule has 0 unspecified atom stereocenters. The van der Waals surface area contributed by atoms with Gasteiger partial charge in [-0.2, -0.15) is 4.31 Å². The van der Waals surface area contributed by atoms with Crippen molar-refractivity contribution in [3.05, 3.63) is 24.3 Å². The standard InChI is InChI=1S/C17H24N2O6S/c1-13(2)17(21)25-12-16(20)18-8-10-19(11-9-18)26(22,23)15-6-4-14(24-3)5-7-15/h4-7,13H,8-12H2,1-3H3. The maximum absolute atomic E-state index is 12.7. The number of carbonyl (C=O) groups excluding carboxylic acids is 2. The first-order valence-corrected chi connectivity index (χ1v) is 9.78. The van der Waals surface area contributed by atoms with Crippen LogP contribution >= 0.6 is 0 Å². The highest BCUT2D eigenvalue weighted by Gasteiger charge is 2.30. The molecule has 9 heteroatoms. The van der Waals surface area contributed by atoms with E-state index >= 15 is 0 Å². The second-order valence-electron chi connectivity index (χ2n) is 6.22. The summed E-state index contributed by atoms with van der Waals surface area (Å²) in [7, 11) is -2.11. The Bertz CT molecular complexity index is 737. The minimum atomic E-state index is -3.62. The Kier molecular flexibility index (Phi) is 6.60. The lowest BCUT2D eigenvalue weighted by atomic mass is 10.2. The van der Waals surface area contributed by atoms with E-state index in [4.69, 9.17) is 9.47 Å². The van der Waals surface area contributed by atoms with Crippen molar-refractivity contribution in [3.63, 3.8) is 0 Å². The van der Waals surface area contributed by atoms with Crippen LogP contribution in [0.3, 0.4) is 0 Å². The quantitative estimate of drug-likeness (QED) is 0.671. The van der Waals surface area contributed by atoms with Gasteiger partial charge in [-0.25, -0.2) is 8.42 Å². The van der Waals surface area contributed by atoms with Crippen LogP contribution in [-0.4, -0.2) is 69.4 Å². The third-order valence-corrected chi connectivity index (χ3v) is 6.01. The SMILES string of the molecule is COc1ccc(S(=O)(=O)N2CCN(C(=O)COC(=O)C(C)C)CC2)cc1. The fourth-order valence-corrected chi connectivity index (χ4v) is 3.89. The predicted molar refractivity (Wildman–Crippen MR) is 94.1 cm³/mol. The number of nitrogens with zero attached hydrogens (tertiary/aromatic N) is 2. The molecule has 1 aromatic carbocycles. The minimum Gasteiger partial charge on any atom is -0.497 e. The number of hydrogen-bond acceptors (Lipinski definition) is 6. The zero-order valence-electron chi connectivity index (χ0n) is 15.2. The first-order valence-electron chi connectivity index (χ1n) is 8.34. The van der Waals surface area contributed by atoms with E-state index in [0.29, 0.717) is 5.75 Å². The van der Waals surface area contributed by atoms with Gasteiger partial charge in [-0.15, -0.1) is 0 Å². The summed E-state index contributed by atoms with van der Waals surface area (Å²) >= 11 is 0. The second-order valence-corrected chi connectivity index (χ2v) is 8.16. The monoisotopic (exact) mass is 384 g/mol. The van der Waals surface area contributed by atoms with Crippen molar-refractivity contribution in [2.45, 2.75) is 18.7 Å². The van der Waals surface area contributed by atoms with Crippen molar-refractivity contribution in [1.29, 1.82) is 0 Å². The summed E-state index contributed by atoms with van der Waals surface area (Å²) in [5.74, 6) is -0.468. The second kappa shape index (κ2) is 8.50. The summed E-state index contributed by atoms with van der Waals surface area (Å²) in [6.45, 7) is 3.96. The molecular formula is C17H24N2O6S. The molecule has 0 atom stereocenters. The van der Waals surface area contributed by atoms with E-state index in [1.807, 2.05) is 0 Å². The summed E-state index contributed by atoms with van der Waals surface area (Å²) in [5, 5.41) is 0. The van der Waals surface area contributed by atoms with E-state index in [2.05, 4.69) is 0 Å². The van der Waals surface area contributed by atoms with Crippen LogP contribution in [0.1, 0.15) is 13.8 Å². The molecule has 26 heavy (non-hydrogen) atoms. The van der Waals surface area contributed by atoms with Gasteiger partial charge in [0.1, 0.15) is 5.75 Å². The van der Waals surface area contributed by atoms with Gasteiger partial charge in [0, 0.05) is 26.2 Å². The fraction of sp³-hybridized carbons (Fsp3) is 0.529. The topological polar surface area (TPSA) is 93.2 Å². The summed E-state index contributed by atoms with van der Waals surface area (Å²) in [6, 6.07) is 6.18. The number of esters is 1. The molecule has 0 bridgehead atoms. The number of rotatable bonds is 6. The van der Waals surface area contributed by atoms with E-state index < -0.39 is 16.0 Å². The molecule has 0 saturated carbocycles. The number of benzene rings is 1. The Morgan fingerprint density at radius 3 is 2.15 bits per heavy atom. The summed E-state index contributed by atoms with van der Waals surface area (Å²) in [6.07, 6.45) is 0. The van der Waals surface area contributed by atoms with Gasteiger partial charge in [-0.3, -0.25) is 9.59 Å². The van der Waals surface area contributed by atoms with Crippen LogP contribution in [0, 0.1) is 5.92 Å². The number of ether oxygens (including phenoxy) is 2. The molecule has 0 radical (unpaired) electrons. The Morgan fingerprint density at radius 1 is 1.08 bits per heavy atom. The lowest BCUT2D eigenvalue weighted by molar-refractivity contribution is -0.155. The zero-order valence-corrected chi connectivity index (χ0v) is 16.0. The third-order valence-electron chi connectivity index (χ3n) is 4.10. The summed E-state index contributed by atoms with van der Waals surface area (Å²) < 4.78 is 36.6. The Hall–Kier alpha value is -2.13. The van der Waals surface area contributed by atoms with Gasteiger partial charge < -0.3 is 14.4 Å². The largest absolute Gasteiger partial charge is 0.497 e. The molecule has 0 aliphatic carbocycles. The van der Waals surface area contributed by atoms with Gasteiger partial charge in [0.05, 0.1) is 17.9 Å². The lowest BCUT2D eigenvalue weighted by Crippen LogP contribution is -2.51. The average molecular weight is 384 g/mol. The van der Waals surface area contributed by atoms with Crippen LogP contribution in [0.25, 0.3) is 0 Å². The van der Waals surface area contributed by atoms with Crippen molar-refractivity contribution in [2.75, 3.05) is 39.9 Å². The number of hydrogen-bond donors (Lipinski definition) is 0. The maximum atomic E-state index is 12.7. The van der Waals surface area contributed by atoms with Crippen molar-refractivity contribution < 1.29 is 27.5 Å². The maximum Gasteiger partial charge on any atom is 0.308 e. The normalized spacial score (nSPS) is 15.8. The smallest absolute Gasteiger partial charge is 0.308 e. The van der Waals surface area contributed by atoms with Crippen molar-refractivity contribution in [1.82, 2.24) is 9.21 Å². The van der Waals surface area contributed by atoms with Crippen LogP contribution in [-0.2, 0) is 24.3 Å². The molecule has 1 aliphatic rings. The van der Waals surface area contributed by atoms with E-state index in [9.17, 15) is 18.0 Å². The highest BCUT2D eigenvalue weighted by Crippen LogP contribution is 2.20. The first kappa shape index (κ1) is 20.2. The fourth-order valence-electron chi connectivity index (χ4n) is 2.47. The van der Waals surface area contributed by atoms with Gasteiger partial charge in [-0.1, -0.05) is 13.8 Å². The first-order chi connectivity index (χ1) is 12.3. The van der Waals surface area contributed by atoms with E-state index in [-0.39, 0.29) is 49.5 Å². The molecular weight excluding hydrogens is 360 g/mol. The Labute approximate surface area is 153 Å². The number of methoxy groups -OCH3 is 1. The molecule has 1 aromatic rings. The molecule has 0 N–H and O–H groups in total. The van der Waals surface area contributed by atoms with Crippen LogP contribution in [0.2, 0.25) is 0 Å². The lowest BCUT2D eigenvalue weighted by Gasteiger charge is -2.33. The number of amides is 1. The zero-order chi connectivity index (χ0) is 19.3. The minimum absolute atomic E-state index is 0.184. The van der Waals surface area contributed by atoms with E-state index in [1.165, 1.54) is 28.4 Å². The molecule has 144 valence electrons. The molecule has 1 saturated heterocycles. The Morgan fingerprint density at radius 2 is 1.65 bits per heavy atom. The number of piperazine rings is 1. The van der Waals surface area contributed by atoms with Crippen molar-refractivity contribution in [2.24, 2.45) is 5.92 Å². The summed E-state index contributed by atoms with van der Waals surface area (Å²) in [5.41, 5.74) is 0. The molecule has 2 rings (SSSR count). The van der Waals surface area contributed by atoms with Gasteiger partial charge in [-0.05, 0) is 24.3 Å². The molecule has 1 fully saturated rings. The number of carbonyl (C=O) groups is 2. The van der Waals surface area contributed by atoms with E-state index in [1.54, 1.807) is 26.0 Å². The molecule has 8 nitrogen and oxygen atoms in total. The number of sulfonamides is 1. The molecule has 0 aromatic heterocycles. The van der Waals surface area contributed by atoms with Gasteiger partial charge in [0.25, 0.3) is 5.91 Å². The van der Waals surface area contributed by atoms with Gasteiger partial charge >= 0.3 is 5.97 Å². The Balaban J connectivity index is 1.92. The molecule has 0 spiro atoms. The van der Waals surface area contributed by atoms with Gasteiger partial charge in [0.15, 0.2) is 6.61 Å². The predicted octanol–water partition coefficient (Wildman–Crippen LogP) is 0.727. The van der Waals surface area contributed by atoms with E-state index in [0.717, 1.165) is 0 Å². The third kappa shape index (κ3) is 4.73. The van der Waals surface area contributed by atoms with Crippen LogP contribution in [0.4, 0.5) is 0 Å². The van der Waals surface area contributed by atoms with Crippen molar-refractivity contribution in [3.8, 4) is 5.75 Å². The van der Waals surface area contributed by atoms with Gasteiger partial charge in [0.2, 0.25) is 10.0 Å². The van der Waals surface area contributed by atoms with Crippen LogP contribution in [0.5, 0.6) is 5.75 Å². The molecule has 1 aliphatic heterocycles. The molecule has 1 heterocycles. The highest BCUT2D eigenvalue weighted by molar-refractivity contribution is 7.89. The highest BCUT2D eigenvalue weighted by atomic mass is 32.2. The average Bonchev–Trinajstić information content (AvgIpc) is 2.65.